The van der Waals surface area contributed by atoms with Gasteiger partial charge in [-0.2, -0.15) is 0 Å². The average molecular weight is 349 g/mol. The van der Waals surface area contributed by atoms with Gasteiger partial charge in [0.15, 0.2) is 0 Å². The van der Waals surface area contributed by atoms with Gasteiger partial charge in [0.1, 0.15) is 11.5 Å². The summed E-state index contributed by atoms with van der Waals surface area (Å²) in [4.78, 5) is 16.5. The van der Waals surface area contributed by atoms with E-state index in [2.05, 4.69) is 35.5 Å². The Morgan fingerprint density at radius 3 is 2.58 bits per heavy atom. The fraction of sp³-hybridized carbons (Fsp3) is 0.143. The van der Waals surface area contributed by atoms with E-state index in [0.29, 0.717) is 11.6 Å². The predicted octanol–water partition coefficient (Wildman–Crippen LogP) is 5.34. The van der Waals surface area contributed by atoms with E-state index in [0.717, 1.165) is 11.4 Å². The molecule has 0 aliphatic heterocycles. The molecule has 0 radical (unpaired) electrons. The largest absolute Gasteiger partial charge is 0.355 e. The third kappa shape index (κ3) is 4.25. The number of nitrogens with zero attached hydrogens (tertiary/aromatic N) is 1. The van der Waals surface area contributed by atoms with Crippen LogP contribution in [0.25, 0.3) is 0 Å². The number of carbonyl (C=O) groups is 1. The maximum absolute atomic E-state index is 13.3. The van der Waals surface area contributed by atoms with E-state index in [1.54, 1.807) is 30.5 Å². The summed E-state index contributed by atoms with van der Waals surface area (Å²) in [5.41, 5.74) is 3.58. The van der Waals surface area contributed by atoms with Crippen molar-refractivity contribution in [2.75, 3.05) is 10.6 Å². The number of aromatic nitrogens is 1. The second-order valence-electron chi connectivity index (χ2n) is 6.26. The van der Waals surface area contributed by atoms with Gasteiger partial charge in [0.2, 0.25) is 0 Å². The molecule has 5 heteroatoms. The van der Waals surface area contributed by atoms with Crippen LogP contribution in [0.15, 0.2) is 66.9 Å². The number of anilines is 3. The maximum atomic E-state index is 13.3. The van der Waals surface area contributed by atoms with E-state index in [1.807, 2.05) is 18.2 Å². The van der Waals surface area contributed by atoms with Gasteiger partial charge in [0.25, 0.3) is 5.91 Å². The molecule has 132 valence electrons. The minimum absolute atomic E-state index is 0.251. The van der Waals surface area contributed by atoms with Crippen LogP contribution in [0.3, 0.4) is 0 Å². The molecule has 1 aromatic heterocycles. The first-order chi connectivity index (χ1) is 12.5. The second-order valence-corrected chi connectivity index (χ2v) is 6.26. The number of halogens is 1. The van der Waals surface area contributed by atoms with Gasteiger partial charge in [0, 0.05) is 23.3 Å². The van der Waals surface area contributed by atoms with Gasteiger partial charge < -0.3 is 10.6 Å². The van der Waals surface area contributed by atoms with Crippen molar-refractivity contribution < 1.29 is 9.18 Å². The Kier molecular flexibility index (Phi) is 5.27. The molecule has 0 aliphatic rings. The summed E-state index contributed by atoms with van der Waals surface area (Å²) in [7, 11) is 0. The molecule has 0 saturated carbocycles. The van der Waals surface area contributed by atoms with Crippen LogP contribution >= 0.6 is 0 Å². The zero-order valence-corrected chi connectivity index (χ0v) is 14.7. The average Bonchev–Trinajstić information content (AvgIpc) is 2.62. The van der Waals surface area contributed by atoms with Crippen molar-refractivity contribution in [2.45, 2.75) is 19.8 Å². The molecule has 3 rings (SSSR count). The van der Waals surface area contributed by atoms with E-state index in [9.17, 15) is 9.18 Å². The fourth-order valence-corrected chi connectivity index (χ4v) is 2.66. The van der Waals surface area contributed by atoms with Gasteiger partial charge in [-0.25, -0.2) is 4.39 Å². The normalized spacial score (nSPS) is 10.6. The first-order valence-corrected chi connectivity index (χ1v) is 8.42. The van der Waals surface area contributed by atoms with Crippen LogP contribution in [0.1, 0.15) is 35.8 Å². The van der Waals surface area contributed by atoms with Crippen molar-refractivity contribution >= 4 is 23.0 Å². The first kappa shape index (κ1) is 17.6. The summed E-state index contributed by atoms with van der Waals surface area (Å²) < 4.78 is 13.3. The summed E-state index contributed by atoms with van der Waals surface area (Å²) in [6, 6.07) is 17.3. The van der Waals surface area contributed by atoms with Gasteiger partial charge >= 0.3 is 0 Å². The zero-order valence-electron chi connectivity index (χ0n) is 14.7. The van der Waals surface area contributed by atoms with E-state index >= 15 is 0 Å². The lowest BCUT2D eigenvalue weighted by molar-refractivity contribution is 0.102. The van der Waals surface area contributed by atoms with Crippen molar-refractivity contribution in [3.05, 3.63) is 83.9 Å². The molecular weight excluding hydrogens is 329 g/mol. The SMILES string of the molecule is CC(C)c1ccccc1Nc1ccnc(C(=O)Nc2cccc(F)c2)c1. The van der Waals surface area contributed by atoms with Gasteiger partial charge in [-0.05, 0) is 47.9 Å². The Hall–Kier alpha value is -3.21. The van der Waals surface area contributed by atoms with Crippen molar-refractivity contribution in [1.82, 2.24) is 4.98 Å². The summed E-state index contributed by atoms with van der Waals surface area (Å²) in [5, 5.41) is 5.99. The van der Waals surface area contributed by atoms with Gasteiger partial charge in [-0.3, -0.25) is 9.78 Å². The number of pyridine rings is 1. The maximum Gasteiger partial charge on any atom is 0.274 e. The van der Waals surface area contributed by atoms with Crippen molar-refractivity contribution in [2.24, 2.45) is 0 Å². The lowest BCUT2D eigenvalue weighted by atomic mass is 10.0. The fourth-order valence-electron chi connectivity index (χ4n) is 2.66. The molecule has 0 bridgehead atoms. The van der Waals surface area contributed by atoms with Crippen LogP contribution in [0.5, 0.6) is 0 Å². The van der Waals surface area contributed by atoms with Crippen LogP contribution in [-0.4, -0.2) is 10.9 Å². The van der Waals surface area contributed by atoms with Crippen LogP contribution in [0, 0.1) is 5.82 Å². The Balaban J connectivity index is 1.79. The molecule has 0 aliphatic carbocycles. The molecule has 2 aromatic carbocycles. The van der Waals surface area contributed by atoms with E-state index in [-0.39, 0.29) is 5.69 Å². The van der Waals surface area contributed by atoms with Gasteiger partial charge in [-0.1, -0.05) is 38.1 Å². The number of benzene rings is 2. The minimum Gasteiger partial charge on any atom is -0.355 e. The number of hydrogen-bond donors (Lipinski definition) is 2. The molecule has 26 heavy (non-hydrogen) atoms. The highest BCUT2D eigenvalue weighted by atomic mass is 19.1. The van der Waals surface area contributed by atoms with Crippen molar-refractivity contribution in [1.29, 1.82) is 0 Å². The second kappa shape index (κ2) is 7.78. The topological polar surface area (TPSA) is 54.0 Å². The number of rotatable bonds is 5. The monoisotopic (exact) mass is 349 g/mol. The van der Waals surface area contributed by atoms with Crippen LogP contribution < -0.4 is 10.6 Å². The number of para-hydroxylation sites is 1. The highest BCUT2D eigenvalue weighted by Gasteiger charge is 2.11. The highest BCUT2D eigenvalue weighted by Crippen LogP contribution is 2.27. The first-order valence-electron chi connectivity index (χ1n) is 8.42. The third-order valence-corrected chi connectivity index (χ3v) is 3.94. The Labute approximate surface area is 152 Å². The third-order valence-electron chi connectivity index (χ3n) is 3.94. The summed E-state index contributed by atoms with van der Waals surface area (Å²) >= 11 is 0. The molecule has 0 unspecified atom stereocenters. The van der Waals surface area contributed by atoms with Crippen LogP contribution in [0.2, 0.25) is 0 Å². The molecular formula is C21H20FN3O. The van der Waals surface area contributed by atoms with E-state index < -0.39 is 11.7 Å². The molecule has 0 fully saturated rings. The predicted molar refractivity (Wildman–Crippen MR) is 102 cm³/mol. The summed E-state index contributed by atoms with van der Waals surface area (Å²) in [6.45, 7) is 4.26. The number of amides is 1. The molecule has 1 amide bonds. The molecule has 4 nitrogen and oxygen atoms in total. The van der Waals surface area contributed by atoms with E-state index in [1.165, 1.54) is 17.7 Å². The zero-order chi connectivity index (χ0) is 18.5. The number of nitrogens with one attached hydrogen (secondary N) is 2. The minimum atomic E-state index is -0.406. The highest BCUT2D eigenvalue weighted by molar-refractivity contribution is 6.03. The molecule has 0 atom stereocenters. The molecule has 3 aromatic rings. The molecule has 2 N–H and O–H groups in total. The van der Waals surface area contributed by atoms with Gasteiger partial charge in [-0.15, -0.1) is 0 Å². The number of carbonyl (C=O) groups excluding carboxylic acids is 1. The lowest BCUT2D eigenvalue weighted by Gasteiger charge is -2.15. The standard InChI is InChI=1S/C21H20FN3O/c1-14(2)18-8-3-4-9-19(18)24-17-10-11-23-20(13-17)21(26)25-16-7-5-6-15(22)12-16/h3-14H,1-2H3,(H,23,24)(H,25,26). The van der Waals surface area contributed by atoms with Crippen LogP contribution in [-0.2, 0) is 0 Å². The molecule has 0 saturated heterocycles. The molecule has 0 spiro atoms. The van der Waals surface area contributed by atoms with E-state index in [4.69, 9.17) is 0 Å². The Morgan fingerprint density at radius 1 is 1.00 bits per heavy atom. The van der Waals surface area contributed by atoms with Crippen molar-refractivity contribution in [3.63, 3.8) is 0 Å². The Morgan fingerprint density at radius 2 is 1.81 bits per heavy atom. The van der Waals surface area contributed by atoms with Gasteiger partial charge in [0.05, 0.1) is 0 Å². The lowest BCUT2D eigenvalue weighted by Crippen LogP contribution is -2.14. The van der Waals surface area contributed by atoms with Crippen LogP contribution in [0.4, 0.5) is 21.5 Å². The summed E-state index contributed by atoms with van der Waals surface area (Å²) in [5.74, 6) is -0.427. The smallest absolute Gasteiger partial charge is 0.274 e. The van der Waals surface area contributed by atoms with Crippen molar-refractivity contribution in [3.8, 4) is 0 Å². The molecule has 1 heterocycles. The Bertz CT molecular complexity index is 924. The number of hydrogen-bond acceptors (Lipinski definition) is 3. The quantitative estimate of drug-likeness (QED) is 0.654. The summed E-state index contributed by atoms with van der Waals surface area (Å²) in [6.07, 6.45) is 1.57.